The van der Waals surface area contributed by atoms with E-state index in [4.69, 9.17) is 29.2 Å². The van der Waals surface area contributed by atoms with E-state index in [9.17, 15) is 28.8 Å². The van der Waals surface area contributed by atoms with Gasteiger partial charge in [-0.05, 0) is 268 Å². The Morgan fingerprint density at radius 1 is 0.396 bits per heavy atom. The molecule has 3 atom stereocenters. The van der Waals surface area contributed by atoms with E-state index in [1.807, 2.05) is 193 Å². The summed E-state index contributed by atoms with van der Waals surface area (Å²) in [5, 5.41) is 4.60. The molecule has 766 valence electrons. The lowest BCUT2D eigenvalue weighted by molar-refractivity contribution is -0.195. The highest BCUT2D eigenvalue weighted by atomic mass is 16.5. The van der Waals surface area contributed by atoms with Crippen molar-refractivity contribution in [1.29, 1.82) is 0 Å². The number of piperidine rings is 1. The van der Waals surface area contributed by atoms with Gasteiger partial charge in [0.15, 0.2) is 11.6 Å². The van der Waals surface area contributed by atoms with Crippen molar-refractivity contribution in [2.24, 2.45) is 56.7 Å². The number of hydrogen-bond donors (Lipinski definition) is 0. The van der Waals surface area contributed by atoms with Crippen molar-refractivity contribution in [2.75, 3.05) is 133 Å². The molecule has 8 aromatic heterocycles. The largest absolute Gasteiger partial charge is 0.475 e. The minimum absolute atomic E-state index is 0.0560. The third kappa shape index (κ3) is 19.4. The zero-order valence-corrected chi connectivity index (χ0v) is 86.2. The number of benzene rings is 3. The molecule has 3 aromatic carbocycles. The minimum Gasteiger partial charge on any atom is -0.475 e. The van der Waals surface area contributed by atoms with Crippen LogP contribution in [0.5, 0.6) is 17.6 Å². The summed E-state index contributed by atoms with van der Waals surface area (Å²) < 4.78 is 20.9. The van der Waals surface area contributed by atoms with Gasteiger partial charge < -0.3 is 48.2 Å². The second-order valence-corrected chi connectivity index (χ2v) is 44.1. The molecule has 2 bridgehead atoms. The summed E-state index contributed by atoms with van der Waals surface area (Å²) >= 11 is 0. The first-order valence-corrected chi connectivity index (χ1v) is 53.1. The number of pyridine rings is 5. The van der Waals surface area contributed by atoms with Crippen LogP contribution in [0.15, 0.2) is 211 Å². The molecule has 26 rings (SSSR count). The summed E-state index contributed by atoms with van der Waals surface area (Å²) in [7, 11) is 3.89. The summed E-state index contributed by atoms with van der Waals surface area (Å²) in [6.45, 7) is 25.2. The lowest BCUT2D eigenvalue weighted by atomic mass is 9.31. The van der Waals surface area contributed by atoms with Crippen LogP contribution in [0.1, 0.15) is 192 Å². The van der Waals surface area contributed by atoms with Crippen molar-refractivity contribution in [2.45, 2.75) is 168 Å². The molecule has 33 nitrogen and oxygen atoms in total. The van der Waals surface area contributed by atoms with Gasteiger partial charge >= 0.3 is 0 Å². The molecule has 0 unspecified atom stereocenters. The van der Waals surface area contributed by atoms with Gasteiger partial charge in [-0.25, -0.2) is 34.9 Å². The van der Waals surface area contributed by atoms with Crippen LogP contribution in [0.4, 0.5) is 17.1 Å². The van der Waals surface area contributed by atoms with Gasteiger partial charge in [0.2, 0.25) is 53.1 Å². The van der Waals surface area contributed by atoms with Crippen molar-refractivity contribution in [3.63, 3.8) is 0 Å². The van der Waals surface area contributed by atoms with Crippen LogP contribution in [0.25, 0.3) is 34.1 Å². The van der Waals surface area contributed by atoms with E-state index in [1.54, 1.807) is 31.0 Å². The van der Waals surface area contributed by atoms with Gasteiger partial charge in [0, 0.05) is 216 Å². The average Bonchev–Trinajstić information content (AvgIpc) is 1.60. The number of nitrogens with zero attached hydrogens (tertiary/aromatic N) is 24. The molecule has 3 saturated carbocycles. The second kappa shape index (κ2) is 40.1. The van der Waals surface area contributed by atoms with Crippen molar-refractivity contribution in [3.8, 4) is 40.5 Å². The number of anilines is 3. The molecule has 6 amide bonds. The van der Waals surface area contributed by atoms with Crippen LogP contribution in [-0.4, -0.2) is 277 Å². The number of ether oxygens (including phenoxy) is 3. The van der Waals surface area contributed by atoms with Crippen LogP contribution in [0, 0.1) is 27.6 Å². The number of rotatable bonds is 24. The lowest BCUT2D eigenvalue weighted by Crippen LogP contribution is -2.68. The third-order valence-electron chi connectivity index (χ3n) is 33.2. The smallest absolute Gasteiger partial charge is 0.237 e. The van der Waals surface area contributed by atoms with Crippen LogP contribution in [0.2, 0.25) is 0 Å². The van der Waals surface area contributed by atoms with Crippen LogP contribution in [0.3, 0.4) is 0 Å². The molecule has 149 heavy (non-hydrogen) atoms. The summed E-state index contributed by atoms with van der Waals surface area (Å²) in [6, 6.07) is 40.3. The maximum absolute atomic E-state index is 14.1. The monoisotopic (exact) mass is 2000 g/mol. The number of fused-ring (bicyclic) bond motifs is 3. The number of carbonyl (C=O) groups excluding carboxylic acids is 6. The SMILES string of the molecule is CC(C)Oc1ccc(C2=NCc3ccc(N4CC[C@]5(CCN(CC(=O)N6CC=C(c7ccc(-c8cn(C)cn8)nc7)CC6)C5)C4=O)cc32)cn1.CC(C)Oc1ccc(C2=NCc3ccc(N4CC[C@]5(CCN(CC(=O)N6CC=C(c7ccc(-c8ncccn8)nc7)CC6)C5)C4=O)cc32)cn1.CC(C)Oc1ccc(C2=NCc3ccc(N4CC[C@]5(CCN(CC(=O)N6CCC(C78CC(c9ncn(C)n9)(C7)C8)CC6)C5)C4=O)cc32)cn1. The molecule has 33 heteroatoms. The number of carbonyl (C=O) groups is 6. The highest BCUT2D eigenvalue weighted by Crippen LogP contribution is 2.77. The first-order valence-electron chi connectivity index (χ1n) is 53.1. The van der Waals surface area contributed by atoms with Gasteiger partial charge in [-0.1, -0.05) is 42.5 Å². The molecule has 10 fully saturated rings. The predicted molar refractivity (Wildman–Crippen MR) is 567 cm³/mol. The molecule has 3 spiro atoms. The van der Waals surface area contributed by atoms with E-state index >= 15 is 0 Å². The number of aryl methyl sites for hydroxylation is 2. The van der Waals surface area contributed by atoms with Crippen molar-refractivity contribution >= 4 is 80.8 Å². The first kappa shape index (κ1) is 97.8. The third-order valence-corrected chi connectivity index (χ3v) is 33.2. The normalized spacial score (nSPS) is 23.4. The quantitative estimate of drug-likeness (QED) is 0.0542. The van der Waals surface area contributed by atoms with Crippen LogP contribution < -0.4 is 28.9 Å². The van der Waals surface area contributed by atoms with Crippen molar-refractivity contribution < 1.29 is 43.0 Å². The molecule has 7 saturated heterocycles. The Morgan fingerprint density at radius 2 is 0.792 bits per heavy atom. The number of likely N-dealkylation sites (tertiary alicyclic amines) is 4. The van der Waals surface area contributed by atoms with E-state index in [1.165, 1.54) is 30.4 Å². The maximum atomic E-state index is 14.1. The maximum Gasteiger partial charge on any atom is 0.237 e. The van der Waals surface area contributed by atoms with Gasteiger partial charge in [0.25, 0.3) is 0 Å². The predicted octanol–water partition coefficient (Wildman–Crippen LogP) is 13.7. The average molecular weight is 2000 g/mol. The van der Waals surface area contributed by atoms with E-state index in [0.29, 0.717) is 140 Å². The van der Waals surface area contributed by atoms with E-state index < -0.39 is 16.2 Å². The number of aliphatic imine (C=N–C) groups is 3. The summed E-state index contributed by atoms with van der Waals surface area (Å²) in [6.07, 6.45) is 34.7. The second-order valence-electron chi connectivity index (χ2n) is 44.1. The van der Waals surface area contributed by atoms with E-state index in [0.717, 1.165) is 215 Å². The van der Waals surface area contributed by atoms with E-state index in [2.05, 4.69) is 130 Å². The summed E-state index contributed by atoms with van der Waals surface area (Å²) in [5.74, 6) is 5.06. The molecule has 15 aliphatic rings. The Kier molecular flexibility index (Phi) is 26.4. The van der Waals surface area contributed by atoms with Crippen LogP contribution >= 0.6 is 0 Å². The molecule has 11 aromatic rings. The lowest BCUT2D eigenvalue weighted by Gasteiger charge is -2.73. The fourth-order valence-electron chi connectivity index (χ4n) is 25.3. The van der Waals surface area contributed by atoms with Gasteiger partial charge in [0.1, 0.15) is 17.7 Å². The molecular weight excluding hydrogens is 1870 g/mol. The first-order chi connectivity index (χ1) is 72.2. The number of imidazole rings is 1. The topological polar surface area (TPSA) is 335 Å². The fraction of sp³-hybridized carbons (Fsp3) is 0.440. The summed E-state index contributed by atoms with van der Waals surface area (Å²) in [5.41, 5.74) is 21.2. The van der Waals surface area contributed by atoms with E-state index in [-0.39, 0.29) is 59.2 Å². The number of aromatic nitrogens is 12. The zero-order chi connectivity index (χ0) is 102. The minimum atomic E-state index is -0.453. The zero-order valence-electron chi connectivity index (χ0n) is 86.2. The Morgan fingerprint density at radius 3 is 1.15 bits per heavy atom. The molecule has 3 aliphatic carbocycles. The van der Waals surface area contributed by atoms with Crippen molar-refractivity contribution in [1.82, 2.24) is 88.6 Å². The Hall–Kier alpha value is -14.6. The highest BCUT2D eigenvalue weighted by Gasteiger charge is 2.72. The number of amides is 6. The Bertz CT molecular complexity index is 7130. The van der Waals surface area contributed by atoms with Gasteiger partial charge in [0.05, 0.1) is 103 Å². The van der Waals surface area contributed by atoms with Gasteiger partial charge in [-0.2, -0.15) is 5.10 Å². The van der Waals surface area contributed by atoms with Gasteiger partial charge in [-0.3, -0.25) is 73.1 Å². The van der Waals surface area contributed by atoms with Gasteiger partial charge in [-0.15, -0.1) is 0 Å². The van der Waals surface area contributed by atoms with Crippen LogP contribution in [-0.2, 0) is 67.9 Å². The Labute approximate surface area is 868 Å². The Balaban J connectivity index is 0.000000123. The summed E-state index contributed by atoms with van der Waals surface area (Å²) in [4.78, 5) is 155. The molecule has 0 N–H and O–H groups in total. The van der Waals surface area contributed by atoms with Crippen molar-refractivity contribution in [3.05, 3.63) is 263 Å². The highest BCUT2D eigenvalue weighted by molar-refractivity contribution is 6.18. The standard InChI is InChI=1S/C39H42N8O3.C39H40N8O3.C38H46N8O3/c1-26(2)50-35-9-6-30(21-41-35)37-32-18-31(7-4-29(32)20-42-37)47-17-13-39(38(47)49)12-16-45(24-39)23-36(48)46-14-10-27(11-15-46)28-5-8-33(40-19-28)34-22-44(3)25-43-34;1-26(2)50-34-9-6-30(23-43-34)36-32-20-31(7-4-29(32)22-44-36)47-19-13-39(38(47)49)12-18-45(25-39)24-35(48)46-16-10-27(11-17-46)28-5-8-33(42-21-28)37-40-14-3-15-41-37;1-25(2)49-31-7-5-27(18-39-31)33-30-16-29(6-4-26(30)17-40-33)46-15-11-36(35(46)48)10-14-44(23-36)19-32(47)45-12-8-28(9-13-45)37-20-38(21-37,22-37)34-41-24-43(3)42-34/h4-10,18-19,21-22,25-26H,11-17,20,23-24H2,1-3H3;3-10,14-15,20-21,23,26H,11-13,16-19,22,24-25H2,1-2H3;4-7,16,18,24-25,28H,8-15,17,19-23H2,1-3H3/t2*39-;36-,37?,38?/m000/s1. The molecule has 0 radical (unpaired) electrons. The number of hydrogen-bond acceptors (Lipinski definition) is 25. The molecule has 12 aliphatic heterocycles. The molecular formula is C116H128N24O9. The molecule has 20 heterocycles. The fourth-order valence-corrected chi connectivity index (χ4v) is 25.3.